The molecule has 0 bridgehead atoms. The molecule has 0 atom stereocenters. The third-order valence-electron chi connectivity index (χ3n) is 4.31. The monoisotopic (exact) mass is 332 g/mol. The Morgan fingerprint density at radius 3 is 2.17 bits per heavy atom. The molecule has 0 N–H and O–H groups in total. The fourth-order valence-corrected chi connectivity index (χ4v) is 2.89. The van der Waals surface area contributed by atoms with E-state index in [0.29, 0.717) is 13.1 Å². The predicted octanol–water partition coefficient (Wildman–Crippen LogP) is 1.62. The maximum Gasteiger partial charge on any atom is 0.329 e. The number of aromatic nitrogens is 2. The summed E-state index contributed by atoms with van der Waals surface area (Å²) in [5.74, 6) is -0.0269. The Labute approximate surface area is 143 Å². The van der Waals surface area contributed by atoms with Gasteiger partial charge in [-0.15, -0.1) is 0 Å². The molecule has 1 amide bonds. The highest BCUT2D eigenvalue weighted by atomic mass is 16.2. The van der Waals surface area contributed by atoms with Gasteiger partial charge in [0.15, 0.2) is 0 Å². The topological polar surface area (TPSA) is 50.5 Å². The lowest BCUT2D eigenvalue weighted by atomic mass is 10.3. The molecule has 0 unspecified atom stereocenters. The molecule has 0 aliphatic carbocycles. The normalized spacial score (nSPS) is 11.4. The van der Waals surface area contributed by atoms with Crippen LogP contribution in [0.2, 0.25) is 0 Å². The van der Waals surface area contributed by atoms with E-state index in [1.54, 1.807) is 14.0 Å². The highest BCUT2D eigenvalue weighted by Crippen LogP contribution is 2.12. The predicted molar refractivity (Wildman–Crippen MR) is 97.3 cm³/mol. The van der Waals surface area contributed by atoms with Crippen LogP contribution in [0.1, 0.15) is 19.8 Å². The lowest BCUT2D eigenvalue weighted by Crippen LogP contribution is -2.35. The summed E-state index contributed by atoms with van der Waals surface area (Å²) in [6.45, 7) is 4.37. The molecule has 0 spiro atoms. The van der Waals surface area contributed by atoms with Crippen molar-refractivity contribution in [2.75, 3.05) is 34.2 Å². The first kappa shape index (κ1) is 18.3. The number of rotatable bonds is 8. The van der Waals surface area contributed by atoms with Gasteiger partial charge in [-0.2, -0.15) is 0 Å². The van der Waals surface area contributed by atoms with E-state index in [1.165, 1.54) is 0 Å². The van der Waals surface area contributed by atoms with Gasteiger partial charge < -0.3 is 9.80 Å². The number of para-hydroxylation sites is 2. The molecule has 1 aromatic heterocycles. The molecule has 0 saturated heterocycles. The van der Waals surface area contributed by atoms with Crippen LogP contribution in [0, 0.1) is 0 Å². The highest BCUT2D eigenvalue weighted by Gasteiger charge is 2.16. The minimum atomic E-state index is -0.118. The average Bonchev–Trinajstić information content (AvgIpc) is 2.83. The van der Waals surface area contributed by atoms with E-state index in [4.69, 9.17) is 0 Å². The van der Waals surface area contributed by atoms with E-state index < -0.39 is 0 Å². The van der Waals surface area contributed by atoms with E-state index in [-0.39, 0.29) is 18.1 Å². The molecule has 1 aromatic carbocycles. The van der Waals surface area contributed by atoms with Crippen molar-refractivity contribution in [3.63, 3.8) is 0 Å². The lowest BCUT2D eigenvalue weighted by molar-refractivity contribution is -0.130. The van der Waals surface area contributed by atoms with Crippen molar-refractivity contribution in [2.24, 2.45) is 0 Å². The number of imidazole rings is 1. The Hall–Kier alpha value is -2.08. The second-order valence-electron chi connectivity index (χ2n) is 6.43. The van der Waals surface area contributed by atoms with E-state index in [9.17, 15) is 9.59 Å². The van der Waals surface area contributed by atoms with Crippen LogP contribution >= 0.6 is 0 Å². The van der Waals surface area contributed by atoms with Gasteiger partial charge in [0.2, 0.25) is 5.91 Å². The van der Waals surface area contributed by atoms with Crippen molar-refractivity contribution in [3.05, 3.63) is 34.7 Å². The Morgan fingerprint density at radius 2 is 1.58 bits per heavy atom. The van der Waals surface area contributed by atoms with Gasteiger partial charge in [0.25, 0.3) is 0 Å². The van der Waals surface area contributed by atoms with Crippen molar-refractivity contribution < 1.29 is 4.79 Å². The van der Waals surface area contributed by atoms with E-state index in [1.807, 2.05) is 52.3 Å². The van der Waals surface area contributed by atoms with Gasteiger partial charge in [-0.05, 0) is 52.5 Å². The molecular weight excluding hydrogens is 304 g/mol. The summed E-state index contributed by atoms with van der Waals surface area (Å²) >= 11 is 0. The number of hydrogen-bond donors (Lipinski definition) is 0. The van der Waals surface area contributed by atoms with Gasteiger partial charge >= 0.3 is 5.69 Å². The molecule has 1 heterocycles. The number of carbonyl (C=O) groups excluding carboxylic acids is 1. The lowest BCUT2D eigenvalue weighted by Gasteiger charge is -2.18. The summed E-state index contributed by atoms with van der Waals surface area (Å²) in [7, 11) is 5.90. The quantitative estimate of drug-likeness (QED) is 0.690. The molecule has 6 heteroatoms. The number of carbonyl (C=O) groups is 1. The van der Waals surface area contributed by atoms with Crippen molar-refractivity contribution in [2.45, 2.75) is 32.9 Å². The Morgan fingerprint density at radius 1 is 1.00 bits per heavy atom. The summed E-state index contributed by atoms with van der Waals surface area (Å²) in [5, 5.41) is 0. The second-order valence-corrected chi connectivity index (χ2v) is 6.43. The van der Waals surface area contributed by atoms with Crippen LogP contribution in [-0.4, -0.2) is 59.1 Å². The van der Waals surface area contributed by atoms with Crippen molar-refractivity contribution in [1.29, 1.82) is 0 Å². The van der Waals surface area contributed by atoms with Crippen LogP contribution in [0.25, 0.3) is 11.0 Å². The molecule has 0 aliphatic heterocycles. The fraction of sp³-hybridized carbons (Fsp3) is 0.556. The molecule has 2 rings (SSSR count). The van der Waals surface area contributed by atoms with Crippen LogP contribution in [-0.2, 0) is 17.9 Å². The number of unbranched alkanes of at least 4 members (excludes halogenated alkanes) is 1. The Bertz CT molecular complexity index is 745. The van der Waals surface area contributed by atoms with Gasteiger partial charge in [-0.3, -0.25) is 13.9 Å². The van der Waals surface area contributed by atoms with Crippen molar-refractivity contribution in [3.8, 4) is 0 Å². The zero-order valence-electron chi connectivity index (χ0n) is 15.2. The minimum absolute atomic E-state index is 0.0269. The number of aryl methyl sites for hydroxylation is 1. The Kier molecular flexibility index (Phi) is 6.20. The van der Waals surface area contributed by atoms with Crippen LogP contribution in [0.15, 0.2) is 29.1 Å². The zero-order chi connectivity index (χ0) is 17.7. The first-order valence-corrected chi connectivity index (χ1v) is 8.52. The van der Waals surface area contributed by atoms with Crippen LogP contribution in [0.4, 0.5) is 0 Å². The van der Waals surface area contributed by atoms with Gasteiger partial charge in [0.05, 0.1) is 11.0 Å². The third kappa shape index (κ3) is 4.06. The maximum atomic E-state index is 12.6. The summed E-state index contributed by atoms with van der Waals surface area (Å²) < 4.78 is 3.29. The SMILES string of the molecule is CCn1c(=O)n(CC(=O)N(C)CCCCN(C)C)c2ccccc21. The molecule has 0 saturated carbocycles. The van der Waals surface area contributed by atoms with E-state index in [2.05, 4.69) is 4.90 Å². The second kappa shape index (κ2) is 8.15. The highest BCUT2D eigenvalue weighted by molar-refractivity contribution is 5.80. The zero-order valence-corrected chi connectivity index (χ0v) is 15.2. The van der Waals surface area contributed by atoms with Gasteiger partial charge in [-0.1, -0.05) is 12.1 Å². The van der Waals surface area contributed by atoms with Crippen molar-refractivity contribution >= 4 is 16.9 Å². The standard InChI is InChI=1S/C18H28N4O2/c1-5-21-15-10-6-7-11-16(15)22(18(21)24)14-17(23)20(4)13-9-8-12-19(2)3/h6-7,10-11H,5,8-9,12-14H2,1-4H3. The summed E-state index contributed by atoms with van der Waals surface area (Å²) in [6, 6.07) is 7.63. The minimum Gasteiger partial charge on any atom is -0.344 e. The number of likely N-dealkylation sites (N-methyl/N-ethyl adjacent to an activating group) is 1. The first-order chi connectivity index (χ1) is 11.5. The smallest absolute Gasteiger partial charge is 0.329 e. The Balaban J connectivity index is 2.08. The third-order valence-corrected chi connectivity index (χ3v) is 4.31. The van der Waals surface area contributed by atoms with Crippen LogP contribution in [0.3, 0.4) is 0 Å². The van der Waals surface area contributed by atoms with E-state index >= 15 is 0 Å². The molecule has 0 fully saturated rings. The maximum absolute atomic E-state index is 12.6. The van der Waals surface area contributed by atoms with Gasteiger partial charge in [0.1, 0.15) is 6.54 Å². The van der Waals surface area contributed by atoms with Gasteiger partial charge in [0, 0.05) is 20.1 Å². The number of amides is 1. The molecule has 2 aromatic rings. The summed E-state index contributed by atoms with van der Waals surface area (Å²) in [6.07, 6.45) is 2.02. The molecule has 6 nitrogen and oxygen atoms in total. The molecule has 132 valence electrons. The van der Waals surface area contributed by atoms with Crippen LogP contribution < -0.4 is 5.69 Å². The van der Waals surface area contributed by atoms with Gasteiger partial charge in [-0.25, -0.2) is 4.79 Å². The number of hydrogen-bond acceptors (Lipinski definition) is 3. The summed E-state index contributed by atoms with van der Waals surface area (Å²) in [4.78, 5) is 28.9. The molecule has 0 aliphatic rings. The van der Waals surface area contributed by atoms with Crippen molar-refractivity contribution in [1.82, 2.24) is 18.9 Å². The molecule has 24 heavy (non-hydrogen) atoms. The fourth-order valence-electron chi connectivity index (χ4n) is 2.89. The van der Waals surface area contributed by atoms with Crippen LogP contribution in [0.5, 0.6) is 0 Å². The van der Waals surface area contributed by atoms with E-state index in [0.717, 1.165) is 30.4 Å². The largest absolute Gasteiger partial charge is 0.344 e. The number of fused-ring (bicyclic) bond motifs is 1. The number of nitrogens with zero attached hydrogens (tertiary/aromatic N) is 4. The summed E-state index contributed by atoms with van der Waals surface area (Å²) in [5.41, 5.74) is 1.58. The number of benzene rings is 1. The first-order valence-electron chi connectivity index (χ1n) is 8.52. The molecular formula is C18H28N4O2. The average molecular weight is 332 g/mol. The molecule has 0 radical (unpaired) electrons.